The molecule has 0 saturated carbocycles. The number of fused-ring (bicyclic) bond motifs is 2. The number of hydrogen-bond acceptors (Lipinski definition) is 0. The van der Waals surface area contributed by atoms with Crippen molar-refractivity contribution in [1.29, 1.82) is 0 Å². The number of allylic oxidation sites excluding steroid dienone is 4. The third-order valence-corrected chi connectivity index (χ3v) is 12.7. The summed E-state index contributed by atoms with van der Waals surface area (Å²) in [4.78, 5) is 0. The van der Waals surface area contributed by atoms with E-state index < -0.39 is 18.5 Å². The molecule has 0 bridgehead atoms. The summed E-state index contributed by atoms with van der Waals surface area (Å²) >= 11 is 15.9. The quantitative estimate of drug-likeness (QED) is 0.235. The van der Waals surface area contributed by atoms with Gasteiger partial charge in [0.15, 0.2) is 0 Å². The van der Waals surface area contributed by atoms with Crippen LogP contribution < -0.4 is 0 Å². The molecule has 2 aliphatic carbocycles. The second-order valence-corrected chi connectivity index (χ2v) is 15.7. The van der Waals surface area contributed by atoms with E-state index in [4.69, 9.17) is 23.2 Å². The summed E-state index contributed by atoms with van der Waals surface area (Å²) in [5.74, 6) is 1.83. The molecule has 0 amide bonds. The Hall–Kier alpha value is -0.400. The van der Waals surface area contributed by atoms with E-state index in [9.17, 15) is 0 Å². The van der Waals surface area contributed by atoms with Gasteiger partial charge in [0.1, 0.15) is 0 Å². The molecule has 0 spiro atoms. The first-order valence-corrected chi connectivity index (χ1v) is 14.6. The van der Waals surface area contributed by atoms with Crippen LogP contribution in [0.25, 0.3) is 11.1 Å². The van der Waals surface area contributed by atoms with Crippen molar-refractivity contribution >= 4 is 43.9 Å². The molecule has 0 saturated heterocycles. The van der Waals surface area contributed by atoms with E-state index in [1.54, 1.807) is 0 Å². The zero-order valence-corrected chi connectivity index (χ0v) is 27.3. The van der Waals surface area contributed by atoms with Gasteiger partial charge < -0.3 is 0 Å². The second kappa shape index (κ2) is 10.2. The van der Waals surface area contributed by atoms with Gasteiger partial charge in [0.05, 0.1) is 18.5 Å². The first-order chi connectivity index (χ1) is 15.4. The number of halogens is 2. The fraction of sp³-hybridized carbons (Fsp3) is 0.467. The predicted molar refractivity (Wildman–Crippen MR) is 150 cm³/mol. The molecule has 0 heterocycles. The van der Waals surface area contributed by atoms with Crippen molar-refractivity contribution in [3.8, 4) is 0 Å². The molecular formula is C30H38Cl2SiZr. The van der Waals surface area contributed by atoms with Crippen LogP contribution in [0.4, 0.5) is 0 Å². The molecule has 0 fully saturated rings. The molecule has 2 aromatic rings. The summed E-state index contributed by atoms with van der Waals surface area (Å²) in [6.45, 7) is 18.5. The van der Waals surface area contributed by atoms with E-state index in [0.717, 1.165) is 0 Å². The largest absolute Gasteiger partial charge is 0.114 e. The van der Waals surface area contributed by atoms with Crippen molar-refractivity contribution in [2.45, 2.75) is 64.4 Å². The summed E-state index contributed by atoms with van der Waals surface area (Å²) in [5.41, 5.74) is 10.7. The Morgan fingerprint density at radius 3 is 1.26 bits per heavy atom. The van der Waals surface area contributed by atoms with Crippen LogP contribution in [-0.4, -0.2) is 9.52 Å². The van der Waals surface area contributed by atoms with E-state index in [-0.39, 0.29) is 26.2 Å². The van der Waals surface area contributed by atoms with Gasteiger partial charge >= 0.3 is 0 Å². The Labute approximate surface area is 238 Å². The van der Waals surface area contributed by atoms with E-state index in [1.165, 1.54) is 44.5 Å². The van der Waals surface area contributed by atoms with E-state index in [2.05, 4.69) is 104 Å². The van der Waals surface area contributed by atoms with Gasteiger partial charge in [0, 0.05) is 26.2 Å². The number of rotatable bonds is 6. The number of hydrogen-bond donors (Lipinski definition) is 0. The molecular weight excluding hydrogens is 551 g/mol. The molecule has 0 aliphatic heterocycles. The van der Waals surface area contributed by atoms with Crippen molar-refractivity contribution in [2.24, 2.45) is 23.7 Å². The van der Waals surface area contributed by atoms with E-state index >= 15 is 0 Å². The van der Waals surface area contributed by atoms with Gasteiger partial charge in [0.2, 0.25) is 0 Å². The van der Waals surface area contributed by atoms with Crippen molar-refractivity contribution in [2.75, 3.05) is 0 Å². The van der Waals surface area contributed by atoms with Crippen LogP contribution in [0.15, 0.2) is 59.7 Å². The van der Waals surface area contributed by atoms with Gasteiger partial charge in [-0.1, -0.05) is 90.1 Å². The topological polar surface area (TPSA) is 0 Å². The number of benzene rings is 2. The Kier molecular flexibility index (Phi) is 8.42. The van der Waals surface area contributed by atoms with Crippen LogP contribution in [0.2, 0.25) is 0 Å². The Morgan fingerprint density at radius 2 is 0.941 bits per heavy atom. The summed E-state index contributed by atoms with van der Waals surface area (Å²) in [6, 6.07) is 17.6. The van der Waals surface area contributed by atoms with Gasteiger partial charge in [-0.2, -0.15) is 0 Å². The Bertz CT molecular complexity index is 1060. The molecule has 180 valence electrons. The number of alkyl halides is 2. The smallest absolute Gasteiger partial charge is 0.0924 e. The molecule has 4 rings (SSSR count). The predicted octanol–water partition coefficient (Wildman–Crippen LogP) is 8.49. The monoisotopic (exact) mass is 586 g/mol. The molecule has 0 radical (unpaired) electrons. The van der Waals surface area contributed by atoms with Crippen LogP contribution in [-0.2, 0) is 35.2 Å². The van der Waals surface area contributed by atoms with Crippen LogP contribution in [0.1, 0.15) is 77.6 Å². The molecule has 0 aromatic heterocycles. The zero-order chi connectivity index (χ0) is 24.3. The average Bonchev–Trinajstić information content (AvgIpc) is 3.12. The minimum atomic E-state index is -1.14. The molecule has 4 heteroatoms. The fourth-order valence-electron chi connectivity index (χ4n) is 6.27. The molecule has 0 N–H and O–H groups in total. The minimum absolute atomic E-state index is 0. The fourth-order valence-corrected chi connectivity index (χ4v) is 11.9. The standard InChI is InChI=1S/C30H38Cl2Si.Zr/c1-17(2)19(5)27-21(7)23-13-9-11-15-25(23)29(27,31)33-30(32)26-16-12-10-14-24(26)22(8)28(30)20(6)18(3)4;/h9-20H,33H2,1-8H3;/t19-,20-,29?,30?;/m0./s1. The van der Waals surface area contributed by atoms with Crippen molar-refractivity contribution < 1.29 is 26.2 Å². The van der Waals surface area contributed by atoms with E-state index in [1.807, 2.05) is 0 Å². The minimum Gasteiger partial charge on any atom is -0.114 e. The molecule has 34 heavy (non-hydrogen) atoms. The first-order valence-electron chi connectivity index (χ1n) is 12.4. The summed E-state index contributed by atoms with van der Waals surface area (Å²) in [5, 5.41) is 0. The third-order valence-electron chi connectivity index (χ3n) is 8.58. The van der Waals surface area contributed by atoms with Gasteiger partial charge in [-0.25, -0.2) is 0 Å². The van der Waals surface area contributed by atoms with Gasteiger partial charge in [-0.05, 0) is 82.1 Å². The second-order valence-electron chi connectivity index (χ2n) is 11.0. The van der Waals surface area contributed by atoms with Gasteiger partial charge in [-0.15, -0.1) is 23.2 Å². The maximum Gasteiger partial charge on any atom is 0.0924 e. The third kappa shape index (κ3) is 4.23. The molecule has 2 aliphatic rings. The van der Waals surface area contributed by atoms with Crippen molar-refractivity contribution in [1.82, 2.24) is 0 Å². The maximum atomic E-state index is 7.93. The van der Waals surface area contributed by atoms with Crippen LogP contribution in [0.3, 0.4) is 0 Å². The summed E-state index contributed by atoms with van der Waals surface area (Å²) in [7, 11) is -1.14. The maximum absolute atomic E-state index is 7.93. The van der Waals surface area contributed by atoms with E-state index in [0.29, 0.717) is 23.7 Å². The van der Waals surface area contributed by atoms with Crippen LogP contribution in [0, 0.1) is 23.7 Å². The first kappa shape index (κ1) is 28.2. The molecule has 0 nitrogen and oxygen atoms in total. The molecule has 4 atom stereocenters. The Morgan fingerprint density at radius 1 is 0.618 bits per heavy atom. The molecule has 2 unspecified atom stereocenters. The normalized spacial score (nSPS) is 25.9. The van der Waals surface area contributed by atoms with Crippen molar-refractivity contribution in [3.05, 3.63) is 81.9 Å². The zero-order valence-electron chi connectivity index (χ0n) is 21.9. The molecule has 2 aromatic carbocycles. The van der Waals surface area contributed by atoms with Crippen LogP contribution >= 0.6 is 23.2 Å². The van der Waals surface area contributed by atoms with Crippen molar-refractivity contribution in [3.63, 3.8) is 0 Å². The average molecular weight is 589 g/mol. The van der Waals surface area contributed by atoms with Crippen LogP contribution in [0.5, 0.6) is 0 Å². The van der Waals surface area contributed by atoms with Gasteiger partial charge in [0.25, 0.3) is 0 Å². The van der Waals surface area contributed by atoms with Gasteiger partial charge in [-0.3, -0.25) is 0 Å². The summed E-state index contributed by atoms with van der Waals surface area (Å²) < 4.78 is -0.989. The SMILES string of the molecule is CC1=C([C@@H](C)C(C)C)C(Cl)([SiH2]C2(Cl)C([C@@H](C)C(C)C)=C(C)c3ccccc32)c2ccccc21.[Zr]. The summed E-state index contributed by atoms with van der Waals surface area (Å²) in [6.07, 6.45) is 0. The Balaban J connectivity index is 0.00000324.